The third-order valence-electron chi connectivity index (χ3n) is 6.61. The standard InChI is InChI=1S/C26H25ClN4/c1-17-11-13-30(14-12-17)26-20(15-19-7-3-4-8-22(19)27)18(2)21(16-28)25-29-23-9-5-6-10-24(23)31(25)26/h3-10,17H,11-15H2,1-2H3. The van der Waals surface area contributed by atoms with Crippen LogP contribution < -0.4 is 4.90 Å². The summed E-state index contributed by atoms with van der Waals surface area (Å²) in [6.07, 6.45) is 3.02. The predicted octanol–water partition coefficient (Wildman–Crippen LogP) is 6.15. The van der Waals surface area contributed by atoms with Gasteiger partial charge in [0.15, 0.2) is 5.65 Å². The van der Waals surface area contributed by atoms with Crippen LogP contribution in [0.5, 0.6) is 0 Å². The maximum atomic E-state index is 10.1. The molecule has 4 aromatic rings. The van der Waals surface area contributed by atoms with Crippen LogP contribution in [0.1, 0.15) is 42.0 Å². The number of nitriles is 1. The van der Waals surface area contributed by atoms with Crippen LogP contribution in [0.4, 0.5) is 5.82 Å². The van der Waals surface area contributed by atoms with Crippen molar-refractivity contribution in [1.29, 1.82) is 5.26 Å². The summed E-state index contributed by atoms with van der Waals surface area (Å²) in [6, 6.07) is 18.6. The molecule has 2 aromatic heterocycles. The van der Waals surface area contributed by atoms with Crippen molar-refractivity contribution in [2.45, 2.75) is 33.1 Å². The summed E-state index contributed by atoms with van der Waals surface area (Å²) in [7, 11) is 0. The van der Waals surface area contributed by atoms with Gasteiger partial charge >= 0.3 is 0 Å². The smallest absolute Gasteiger partial charge is 0.157 e. The second-order valence-corrected chi connectivity index (χ2v) is 9.02. The van der Waals surface area contributed by atoms with Gasteiger partial charge in [-0.05, 0) is 55.0 Å². The lowest BCUT2D eigenvalue weighted by Gasteiger charge is -2.35. The Hall–Kier alpha value is -3.03. The molecule has 1 fully saturated rings. The van der Waals surface area contributed by atoms with Crippen molar-refractivity contribution in [3.05, 3.63) is 75.8 Å². The zero-order chi connectivity index (χ0) is 21.5. The number of para-hydroxylation sites is 2. The minimum atomic E-state index is 0.646. The van der Waals surface area contributed by atoms with Crippen molar-refractivity contribution in [3.8, 4) is 6.07 Å². The minimum Gasteiger partial charge on any atom is -0.357 e. The van der Waals surface area contributed by atoms with E-state index in [-0.39, 0.29) is 0 Å². The Morgan fingerprint density at radius 3 is 2.55 bits per heavy atom. The van der Waals surface area contributed by atoms with Crippen molar-refractivity contribution < 1.29 is 0 Å². The fraction of sp³-hybridized carbons (Fsp3) is 0.308. The van der Waals surface area contributed by atoms with Gasteiger partial charge in [-0.3, -0.25) is 4.40 Å². The first kappa shape index (κ1) is 19.9. The molecule has 0 amide bonds. The van der Waals surface area contributed by atoms with E-state index in [0.717, 1.165) is 63.2 Å². The summed E-state index contributed by atoms with van der Waals surface area (Å²) in [5.74, 6) is 1.89. The van der Waals surface area contributed by atoms with Crippen LogP contribution in [0.25, 0.3) is 16.7 Å². The van der Waals surface area contributed by atoms with Gasteiger partial charge in [-0.15, -0.1) is 0 Å². The van der Waals surface area contributed by atoms with E-state index in [1.165, 1.54) is 12.8 Å². The molecule has 0 aliphatic carbocycles. The number of halogens is 1. The van der Waals surface area contributed by atoms with E-state index in [1.54, 1.807) is 0 Å². The Morgan fingerprint density at radius 1 is 1.10 bits per heavy atom. The number of hydrogen-bond donors (Lipinski definition) is 0. The maximum Gasteiger partial charge on any atom is 0.157 e. The number of aromatic nitrogens is 2. The first-order valence-corrected chi connectivity index (χ1v) is 11.3. The van der Waals surface area contributed by atoms with Crippen molar-refractivity contribution in [1.82, 2.24) is 9.38 Å². The Kier molecular flexibility index (Phi) is 5.08. The van der Waals surface area contributed by atoms with Gasteiger partial charge in [0.05, 0.1) is 16.6 Å². The molecule has 0 N–H and O–H groups in total. The SMILES string of the molecule is Cc1c(Cc2ccccc2Cl)c(N2CCC(C)CC2)n2c(nc3ccccc32)c1C#N. The molecule has 31 heavy (non-hydrogen) atoms. The lowest BCUT2D eigenvalue weighted by molar-refractivity contribution is 0.435. The van der Waals surface area contributed by atoms with Gasteiger partial charge in [0.1, 0.15) is 11.9 Å². The number of anilines is 1. The van der Waals surface area contributed by atoms with Gasteiger partial charge in [-0.25, -0.2) is 4.98 Å². The molecule has 0 radical (unpaired) electrons. The van der Waals surface area contributed by atoms with E-state index in [0.29, 0.717) is 12.0 Å². The number of benzene rings is 2. The molecule has 5 rings (SSSR count). The molecule has 3 heterocycles. The molecular formula is C26H25ClN4. The molecule has 0 atom stereocenters. The van der Waals surface area contributed by atoms with E-state index < -0.39 is 0 Å². The molecule has 1 aliphatic rings. The van der Waals surface area contributed by atoms with E-state index in [4.69, 9.17) is 16.6 Å². The summed E-state index contributed by atoms with van der Waals surface area (Å²) in [6.45, 7) is 6.39. The highest BCUT2D eigenvalue weighted by molar-refractivity contribution is 6.31. The molecule has 5 heteroatoms. The first-order chi connectivity index (χ1) is 15.1. The molecule has 4 nitrogen and oxygen atoms in total. The maximum absolute atomic E-state index is 10.1. The quantitative estimate of drug-likeness (QED) is 0.393. The number of nitrogens with zero attached hydrogens (tertiary/aromatic N) is 4. The number of piperidine rings is 1. The van der Waals surface area contributed by atoms with Crippen LogP contribution in [0.2, 0.25) is 5.02 Å². The molecular weight excluding hydrogens is 404 g/mol. The van der Waals surface area contributed by atoms with E-state index in [1.807, 2.05) is 36.4 Å². The average molecular weight is 429 g/mol. The molecule has 156 valence electrons. The zero-order valence-corrected chi connectivity index (χ0v) is 18.7. The van der Waals surface area contributed by atoms with Crippen molar-refractivity contribution >= 4 is 34.1 Å². The molecule has 1 aliphatic heterocycles. The van der Waals surface area contributed by atoms with Gasteiger partial charge in [0.2, 0.25) is 0 Å². The minimum absolute atomic E-state index is 0.646. The molecule has 0 spiro atoms. The number of imidazole rings is 1. The highest BCUT2D eigenvalue weighted by Crippen LogP contribution is 2.37. The topological polar surface area (TPSA) is 44.3 Å². The Morgan fingerprint density at radius 2 is 1.81 bits per heavy atom. The Labute approximate surface area is 187 Å². The molecule has 2 aromatic carbocycles. The second-order valence-electron chi connectivity index (χ2n) is 8.61. The Bertz CT molecular complexity index is 1320. The van der Waals surface area contributed by atoms with Crippen LogP contribution in [0, 0.1) is 24.2 Å². The second kappa shape index (κ2) is 7.90. The number of rotatable bonds is 3. The van der Waals surface area contributed by atoms with Crippen molar-refractivity contribution in [2.24, 2.45) is 5.92 Å². The summed E-state index contributed by atoms with van der Waals surface area (Å²) in [5, 5.41) is 10.8. The van der Waals surface area contributed by atoms with Gasteiger partial charge in [0.25, 0.3) is 0 Å². The first-order valence-electron chi connectivity index (χ1n) is 10.9. The highest BCUT2D eigenvalue weighted by Gasteiger charge is 2.26. The van der Waals surface area contributed by atoms with Crippen molar-refractivity contribution in [2.75, 3.05) is 18.0 Å². The van der Waals surface area contributed by atoms with Gasteiger partial charge in [-0.2, -0.15) is 5.26 Å². The van der Waals surface area contributed by atoms with Crippen LogP contribution in [0.15, 0.2) is 48.5 Å². The largest absolute Gasteiger partial charge is 0.357 e. The molecule has 0 bridgehead atoms. The molecule has 0 unspecified atom stereocenters. The summed E-state index contributed by atoms with van der Waals surface area (Å²) in [5.41, 5.74) is 6.59. The monoisotopic (exact) mass is 428 g/mol. The third-order valence-corrected chi connectivity index (χ3v) is 6.98. The zero-order valence-electron chi connectivity index (χ0n) is 17.9. The van der Waals surface area contributed by atoms with Gasteiger partial charge in [0, 0.05) is 30.1 Å². The van der Waals surface area contributed by atoms with E-state index >= 15 is 0 Å². The third kappa shape index (κ3) is 3.34. The van der Waals surface area contributed by atoms with Crippen molar-refractivity contribution in [3.63, 3.8) is 0 Å². The van der Waals surface area contributed by atoms with Crippen LogP contribution >= 0.6 is 11.6 Å². The van der Waals surface area contributed by atoms with Gasteiger partial charge < -0.3 is 4.90 Å². The lowest BCUT2D eigenvalue weighted by Crippen LogP contribution is -2.35. The summed E-state index contributed by atoms with van der Waals surface area (Å²) < 4.78 is 2.21. The number of hydrogen-bond acceptors (Lipinski definition) is 3. The summed E-state index contributed by atoms with van der Waals surface area (Å²) in [4.78, 5) is 7.36. The van der Waals surface area contributed by atoms with Crippen LogP contribution in [0.3, 0.4) is 0 Å². The normalized spacial score (nSPS) is 15.0. The predicted molar refractivity (Wildman–Crippen MR) is 127 cm³/mol. The highest BCUT2D eigenvalue weighted by atomic mass is 35.5. The molecule has 1 saturated heterocycles. The van der Waals surface area contributed by atoms with Crippen LogP contribution in [-0.4, -0.2) is 22.5 Å². The number of fused-ring (bicyclic) bond motifs is 3. The Balaban J connectivity index is 1.84. The van der Waals surface area contributed by atoms with E-state index in [9.17, 15) is 5.26 Å². The lowest BCUT2D eigenvalue weighted by atomic mass is 9.95. The van der Waals surface area contributed by atoms with Gasteiger partial charge in [-0.1, -0.05) is 48.9 Å². The average Bonchev–Trinajstić information content (AvgIpc) is 3.15. The van der Waals surface area contributed by atoms with E-state index in [2.05, 4.69) is 41.4 Å². The summed E-state index contributed by atoms with van der Waals surface area (Å²) >= 11 is 6.55. The number of pyridine rings is 1. The molecule has 0 saturated carbocycles. The fourth-order valence-corrected chi connectivity index (χ4v) is 4.96. The van der Waals surface area contributed by atoms with Crippen LogP contribution in [-0.2, 0) is 6.42 Å². The fourth-order valence-electron chi connectivity index (χ4n) is 4.76.